The van der Waals surface area contributed by atoms with Gasteiger partial charge in [0.25, 0.3) is 0 Å². The lowest BCUT2D eigenvalue weighted by Crippen LogP contribution is -2.03. The van der Waals surface area contributed by atoms with Gasteiger partial charge in [0.05, 0.1) is 33.5 Å². The van der Waals surface area contributed by atoms with Crippen LogP contribution >= 0.6 is 0 Å². The largest absolute Gasteiger partial charge is 0.478 e. The number of carboxylic acid groups (broad SMARTS) is 2. The first kappa shape index (κ1) is 32.8. The van der Waals surface area contributed by atoms with Gasteiger partial charge in [-0.1, -0.05) is 114 Å². The summed E-state index contributed by atoms with van der Waals surface area (Å²) in [7, 11) is 0. The van der Waals surface area contributed by atoms with Crippen molar-refractivity contribution in [3.63, 3.8) is 0 Å². The van der Waals surface area contributed by atoms with Crippen molar-refractivity contribution < 1.29 is 19.8 Å². The van der Waals surface area contributed by atoms with Gasteiger partial charge in [0.1, 0.15) is 0 Å². The molecule has 3 aromatic carbocycles. The quantitative estimate of drug-likeness (QED) is 0.0845. The van der Waals surface area contributed by atoms with Crippen LogP contribution in [0.3, 0.4) is 0 Å². The van der Waals surface area contributed by atoms with Crippen LogP contribution < -0.4 is 0 Å². The van der Waals surface area contributed by atoms with E-state index < -0.39 is 11.9 Å². The van der Waals surface area contributed by atoms with Gasteiger partial charge in [-0.25, -0.2) is 19.6 Å². The molecule has 5 aromatic rings. The summed E-state index contributed by atoms with van der Waals surface area (Å²) in [4.78, 5) is 34.5. The third-order valence-electron chi connectivity index (χ3n) is 8.84. The van der Waals surface area contributed by atoms with E-state index in [4.69, 9.17) is 9.97 Å². The van der Waals surface area contributed by atoms with E-state index in [1.165, 1.54) is 62.5 Å². The van der Waals surface area contributed by atoms with E-state index in [1.54, 1.807) is 24.3 Å². The lowest BCUT2D eigenvalue weighted by Gasteiger charge is -2.12. The van der Waals surface area contributed by atoms with Crippen molar-refractivity contribution in [3.8, 4) is 22.5 Å². The molecule has 2 N–H and O–H groups in total. The first-order valence-corrected chi connectivity index (χ1v) is 16.8. The van der Waals surface area contributed by atoms with Crippen molar-refractivity contribution in [2.45, 2.75) is 90.9 Å². The van der Waals surface area contributed by atoms with Gasteiger partial charge in [0.2, 0.25) is 0 Å². The average Bonchev–Trinajstić information content (AvgIpc) is 3.06. The van der Waals surface area contributed by atoms with Gasteiger partial charge in [-0.05, 0) is 61.1 Å². The fourth-order valence-electron chi connectivity index (χ4n) is 6.15. The first-order valence-electron chi connectivity index (χ1n) is 16.8. The summed E-state index contributed by atoms with van der Waals surface area (Å²) >= 11 is 0. The van der Waals surface area contributed by atoms with Gasteiger partial charge < -0.3 is 10.2 Å². The second-order valence-electron chi connectivity index (χ2n) is 12.3. The number of carboxylic acids is 2. The second-order valence-corrected chi connectivity index (χ2v) is 12.3. The number of hydrogen-bond acceptors (Lipinski definition) is 4. The van der Waals surface area contributed by atoms with Crippen LogP contribution in [0.15, 0.2) is 72.8 Å². The van der Waals surface area contributed by atoms with Crippen molar-refractivity contribution in [3.05, 3.63) is 95.1 Å². The molecular formula is C40H44N2O4. The summed E-state index contributed by atoms with van der Waals surface area (Å²) in [5.74, 6) is -2.19. The zero-order chi connectivity index (χ0) is 32.5. The van der Waals surface area contributed by atoms with Crippen LogP contribution in [0.1, 0.15) is 110 Å². The highest BCUT2D eigenvalue weighted by atomic mass is 16.4. The zero-order valence-corrected chi connectivity index (χ0v) is 27.0. The van der Waals surface area contributed by atoms with Crippen molar-refractivity contribution in [1.82, 2.24) is 9.97 Å². The lowest BCUT2D eigenvalue weighted by molar-refractivity contribution is 0.0688. The van der Waals surface area contributed by atoms with Crippen molar-refractivity contribution in [1.29, 1.82) is 0 Å². The Morgan fingerprint density at radius 2 is 0.913 bits per heavy atom. The molecule has 0 aliphatic heterocycles. The minimum absolute atomic E-state index is 0.0765. The third-order valence-corrected chi connectivity index (χ3v) is 8.84. The van der Waals surface area contributed by atoms with E-state index in [9.17, 15) is 19.8 Å². The van der Waals surface area contributed by atoms with Gasteiger partial charge in [-0.2, -0.15) is 0 Å². The summed E-state index contributed by atoms with van der Waals surface area (Å²) in [6.07, 6.45) is 14.3. The van der Waals surface area contributed by atoms with E-state index in [1.807, 2.05) is 24.3 Å². The SMILES string of the molecule is CCCCCCCc1ccc(-c2cc(C(=O)O)c3cc4c(C(=O)O)cc(-c5ccc(CCCCCCC)cc5)nc4cc3n2)cc1. The molecule has 0 aliphatic carbocycles. The molecule has 0 saturated heterocycles. The Bertz CT molecular complexity index is 1680. The summed E-state index contributed by atoms with van der Waals surface area (Å²) in [5.41, 5.74) is 6.35. The molecule has 238 valence electrons. The maximum atomic E-state index is 12.4. The predicted molar refractivity (Wildman–Crippen MR) is 187 cm³/mol. The van der Waals surface area contributed by atoms with Crippen molar-refractivity contribution >= 4 is 33.7 Å². The number of fused-ring (bicyclic) bond motifs is 2. The summed E-state index contributed by atoms with van der Waals surface area (Å²) < 4.78 is 0. The van der Waals surface area contributed by atoms with Crippen LogP contribution in [0.5, 0.6) is 0 Å². The van der Waals surface area contributed by atoms with Crippen molar-refractivity contribution in [2.24, 2.45) is 0 Å². The Hall–Kier alpha value is -4.58. The minimum atomic E-state index is -1.09. The Morgan fingerprint density at radius 1 is 0.522 bits per heavy atom. The molecule has 0 atom stereocenters. The zero-order valence-electron chi connectivity index (χ0n) is 27.0. The molecule has 6 heteroatoms. The Morgan fingerprint density at radius 3 is 1.28 bits per heavy atom. The molecule has 2 aromatic heterocycles. The summed E-state index contributed by atoms with van der Waals surface area (Å²) in [6.45, 7) is 4.43. The topological polar surface area (TPSA) is 100 Å². The highest BCUT2D eigenvalue weighted by Crippen LogP contribution is 2.32. The predicted octanol–water partition coefficient (Wildman–Crippen LogP) is 10.5. The van der Waals surface area contributed by atoms with Gasteiger partial charge in [0.15, 0.2) is 0 Å². The molecule has 0 aliphatic rings. The molecule has 0 saturated carbocycles. The highest BCUT2D eigenvalue weighted by molar-refractivity contribution is 6.12. The van der Waals surface area contributed by atoms with Crippen molar-refractivity contribution in [2.75, 3.05) is 0 Å². The second kappa shape index (κ2) is 15.6. The van der Waals surface area contributed by atoms with E-state index in [0.29, 0.717) is 33.2 Å². The van der Waals surface area contributed by atoms with E-state index >= 15 is 0 Å². The van der Waals surface area contributed by atoms with E-state index in [0.717, 1.165) is 36.8 Å². The number of carbonyl (C=O) groups is 2. The van der Waals surface area contributed by atoms with Gasteiger partial charge >= 0.3 is 11.9 Å². The monoisotopic (exact) mass is 616 g/mol. The molecule has 0 unspecified atom stereocenters. The maximum Gasteiger partial charge on any atom is 0.336 e. The number of aromatic nitrogens is 2. The third kappa shape index (κ3) is 7.97. The number of unbranched alkanes of at least 4 members (excludes halogenated alkanes) is 8. The molecule has 0 radical (unpaired) electrons. The molecular weight excluding hydrogens is 572 g/mol. The summed E-state index contributed by atoms with van der Waals surface area (Å²) in [5, 5.41) is 21.1. The number of aryl methyl sites for hydroxylation is 2. The molecule has 6 nitrogen and oxygen atoms in total. The number of hydrogen-bond donors (Lipinski definition) is 2. The molecule has 0 spiro atoms. The standard InChI is InChI=1S/C40H44N2O4/c1-3-5-7-9-11-13-27-15-19-29(20-16-27)35-24-33(39(43)44)31-23-32-34(40(45)46)25-36(42-38(32)26-37(31)41-35)30-21-17-28(18-22-30)14-12-10-8-6-4-2/h15-26H,3-14H2,1-2H3,(H,43,44)(H,45,46). The lowest BCUT2D eigenvalue weighted by atomic mass is 9.98. The van der Waals surface area contributed by atoms with Gasteiger partial charge in [-0.15, -0.1) is 0 Å². The number of pyridine rings is 2. The minimum Gasteiger partial charge on any atom is -0.478 e. The molecule has 2 heterocycles. The molecule has 0 fully saturated rings. The molecule has 0 amide bonds. The Balaban J connectivity index is 1.47. The smallest absolute Gasteiger partial charge is 0.336 e. The average molecular weight is 617 g/mol. The Labute approximate surface area is 271 Å². The maximum absolute atomic E-state index is 12.4. The van der Waals surface area contributed by atoms with Crippen LogP contribution in [0.4, 0.5) is 0 Å². The molecule has 0 bridgehead atoms. The fourth-order valence-corrected chi connectivity index (χ4v) is 6.15. The Kier molecular flexibility index (Phi) is 11.1. The van der Waals surface area contributed by atoms with Gasteiger partial charge in [-0.3, -0.25) is 0 Å². The number of benzene rings is 3. The van der Waals surface area contributed by atoms with Crippen LogP contribution in [-0.2, 0) is 12.8 Å². The van der Waals surface area contributed by atoms with E-state index in [2.05, 4.69) is 38.1 Å². The number of aromatic carboxylic acids is 2. The van der Waals surface area contributed by atoms with Crippen LogP contribution in [-0.4, -0.2) is 32.1 Å². The fraction of sp³-hybridized carbons (Fsp3) is 0.350. The number of rotatable bonds is 16. The normalized spacial score (nSPS) is 11.3. The van der Waals surface area contributed by atoms with Crippen LogP contribution in [0, 0.1) is 0 Å². The molecule has 5 rings (SSSR count). The summed E-state index contributed by atoms with van der Waals surface area (Å²) in [6, 6.07) is 22.8. The first-order chi connectivity index (χ1) is 22.4. The highest BCUT2D eigenvalue weighted by Gasteiger charge is 2.19. The van der Waals surface area contributed by atoms with Crippen LogP contribution in [0.2, 0.25) is 0 Å². The molecule has 46 heavy (non-hydrogen) atoms. The van der Waals surface area contributed by atoms with Gasteiger partial charge in [0, 0.05) is 21.9 Å². The van der Waals surface area contributed by atoms with E-state index in [-0.39, 0.29) is 11.1 Å². The number of nitrogens with zero attached hydrogens (tertiary/aromatic N) is 2. The van der Waals surface area contributed by atoms with Crippen LogP contribution in [0.25, 0.3) is 44.3 Å².